The number of benzene rings is 1. The van der Waals surface area contributed by atoms with Gasteiger partial charge in [-0.1, -0.05) is 28.9 Å². The van der Waals surface area contributed by atoms with Gasteiger partial charge in [-0.25, -0.2) is 0 Å². The number of aromatic nitrogens is 1. The first-order valence-corrected chi connectivity index (χ1v) is 7.55. The molecule has 0 saturated carbocycles. The first kappa shape index (κ1) is 15.0. The van der Waals surface area contributed by atoms with Gasteiger partial charge in [0.05, 0.1) is 5.69 Å². The van der Waals surface area contributed by atoms with Crippen molar-refractivity contribution in [3.63, 3.8) is 0 Å². The summed E-state index contributed by atoms with van der Waals surface area (Å²) in [5.41, 5.74) is 8.11. The molecule has 0 spiro atoms. The van der Waals surface area contributed by atoms with Crippen LogP contribution in [0.4, 0.5) is 0 Å². The average Bonchev–Trinajstić information content (AvgIpc) is 2.49. The highest BCUT2D eigenvalue weighted by molar-refractivity contribution is 9.10. The van der Waals surface area contributed by atoms with Crippen LogP contribution in [0.2, 0.25) is 0 Å². The topological polar surface area (TPSA) is 48.1 Å². The lowest BCUT2D eigenvalue weighted by molar-refractivity contribution is 0.301. The molecule has 0 saturated heterocycles. The highest BCUT2D eigenvalue weighted by Crippen LogP contribution is 2.24. The van der Waals surface area contributed by atoms with Crippen LogP contribution >= 0.6 is 15.9 Å². The molecular weight excluding hydrogens is 316 g/mol. The van der Waals surface area contributed by atoms with E-state index in [0.717, 1.165) is 28.8 Å². The van der Waals surface area contributed by atoms with E-state index in [-0.39, 0.29) is 6.04 Å². The number of hydrogen-bond acceptors (Lipinski definition) is 3. The van der Waals surface area contributed by atoms with Crippen LogP contribution in [0.1, 0.15) is 24.6 Å². The number of hydrogen-bond donors (Lipinski definition) is 1. The number of nitrogens with two attached hydrogens (primary N) is 1. The third-order valence-corrected chi connectivity index (χ3v) is 3.91. The molecule has 0 aliphatic rings. The Kier molecular flexibility index (Phi) is 5.56. The van der Waals surface area contributed by atoms with Gasteiger partial charge in [0.2, 0.25) is 0 Å². The van der Waals surface area contributed by atoms with E-state index in [4.69, 9.17) is 10.5 Å². The Labute approximate surface area is 128 Å². The second kappa shape index (κ2) is 7.41. The molecule has 20 heavy (non-hydrogen) atoms. The Bertz CT molecular complexity index is 545. The minimum Gasteiger partial charge on any atom is -0.487 e. The average molecular weight is 335 g/mol. The fourth-order valence-electron chi connectivity index (χ4n) is 1.86. The molecule has 1 atom stereocenters. The van der Waals surface area contributed by atoms with Gasteiger partial charge >= 0.3 is 0 Å². The predicted octanol–water partition coefficient (Wildman–Crippen LogP) is 3.70. The molecule has 0 aliphatic heterocycles. The molecule has 1 heterocycles. The first-order chi connectivity index (χ1) is 9.69. The van der Waals surface area contributed by atoms with Gasteiger partial charge in [-0.2, -0.15) is 0 Å². The van der Waals surface area contributed by atoms with Gasteiger partial charge < -0.3 is 10.5 Å². The lowest BCUT2D eigenvalue weighted by Crippen LogP contribution is -2.21. The summed E-state index contributed by atoms with van der Waals surface area (Å²) in [5.74, 6) is 0.845. The summed E-state index contributed by atoms with van der Waals surface area (Å²) in [4.78, 5) is 4.24. The van der Waals surface area contributed by atoms with Crippen molar-refractivity contribution in [2.24, 2.45) is 5.73 Å². The van der Waals surface area contributed by atoms with Gasteiger partial charge in [0, 0.05) is 16.7 Å². The number of rotatable bonds is 6. The Morgan fingerprint density at radius 1 is 1.30 bits per heavy atom. The Balaban J connectivity index is 2.03. The zero-order valence-corrected chi connectivity index (χ0v) is 13.1. The molecule has 106 valence electrons. The van der Waals surface area contributed by atoms with Gasteiger partial charge in [-0.15, -0.1) is 0 Å². The molecule has 3 nitrogen and oxygen atoms in total. The molecule has 0 radical (unpaired) electrons. The molecule has 0 fully saturated rings. The van der Waals surface area contributed by atoms with Crippen LogP contribution in [0.3, 0.4) is 0 Å². The van der Waals surface area contributed by atoms with Crippen molar-refractivity contribution in [2.75, 3.05) is 0 Å². The summed E-state index contributed by atoms with van der Waals surface area (Å²) < 4.78 is 6.85. The van der Waals surface area contributed by atoms with Crippen LogP contribution < -0.4 is 10.5 Å². The SMILES string of the molecule is CCC(N)Cc1cc(OCc2ccccn2)ccc1Br. The van der Waals surface area contributed by atoms with Gasteiger partial charge in [0.15, 0.2) is 0 Å². The van der Waals surface area contributed by atoms with Gasteiger partial charge in [0.1, 0.15) is 12.4 Å². The van der Waals surface area contributed by atoms with Crippen molar-refractivity contribution < 1.29 is 4.74 Å². The highest BCUT2D eigenvalue weighted by Gasteiger charge is 2.07. The van der Waals surface area contributed by atoms with E-state index in [0.29, 0.717) is 6.61 Å². The van der Waals surface area contributed by atoms with E-state index in [1.807, 2.05) is 36.4 Å². The second-order valence-electron chi connectivity index (χ2n) is 4.74. The summed E-state index contributed by atoms with van der Waals surface area (Å²) in [6, 6.07) is 12.0. The summed E-state index contributed by atoms with van der Waals surface area (Å²) >= 11 is 3.56. The third kappa shape index (κ3) is 4.32. The summed E-state index contributed by atoms with van der Waals surface area (Å²) in [6.45, 7) is 2.57. The van der Waals surface area contributed by atoms with Crippen LogP contribution in [-0.2, 0) is 13.0 Å². The predicted molar refractivity (Wildman–Crippen MR) is 84.7 cm³/mol. The van der Waals surface area contributed by atoms with Gasteiger partial charge in [-0.05, 0) is 48.7 Å². The van der Waals surface area contributed by atoms with Gasteiger partial charge in [-0.3, -0.25) is 4.98 Å². The summed E-state index contributed by atoms with van der Waals surface area (Å²) in [7, 11) is 0. The van der Waals surface area contributed by atoms with Crippen molar-refractivity contribution in [1.82, 2.24) is 4.98 Å². The number of pyridine rings is 1. The second-order valence-corrected chi connectivity index (χ2v) is 5.59. The molecule has 4 heteroatoms. The zero-order valence-electron chi connectivity index (χ0n) is 11.6. The third-order valence-electron chi connectivity index (χ3n) is 3.14. The Morgan fingerprint density at radius 2 is 2.15 bits per heavy atom. The van der Waals surface area contributed by atoms with Crippen LogP contribution in [-0.4, -0.2) is 11.0 Å². The molecular formula is C16H19BrN2O. The van der Waals surface area contributed by atoms with Crippen LogP contribution in [0.5, 0.6) is 5.75 Å². The molecule has 1 aromatic carbocycles. The molecule has 1 unspecified atom stereocenters. The molecule has 2 N–H and O–H groups in total. The summed E-state index contributed by atoms with van der Waals surface area (Å²) in [5, 5.41) is 0. The van der Waals surface area contributed by atoms with E-state index in [9.17, 15) is 0 Å². The van der Waals surface area contributed by atoms with Crippen molar-refractivity contribution >= 4 is 15.9 Å². The molecule has 1 aromatic heterocycles. The molecule has 0 aliphatic carbocycles. The Morgan fingerprint density at radius 3 is 2.85 bits per heavy atom. The standard InChI is InChI=1S/C16H19BrN2O/c1-2-13(18)9-12-10-15(6-7-16(12)17)20-11-14-5-3-4-8-19-14/h3-8,10,13H,2,9,11,18H2,1H3. The minimum absolute atomic E-state index is 0.178. The van der Waals surface area contributed by atoms with E-state index >= 15 is 0 Å². The maximum absolute atomic E-state index is 6.02. The Hall–Kier alpha value is -1.39. The molecule has 2 rings (SSSR count). The fraction of sp³-hybridized carbons (Fsp3) is 0.312. The van der Waals surface area contributed by atoms with E-state index in [1.54, 1.807) is 6.20 Å². The molecule has 0 bridgehead atoms. The maximum Gasteiger partial charge on any atom is 0.130 e. The fourth-order valence-corrected chi connectivity index (χ4v) is 2.27. The maximum atomic E-state index is 6.02. The first-order valence-electron chi connectivity index (χ1n) is 6.75. The monoisotopic (exact) mass is 334 g/mol. The molecule has 0 amide bonds. The van der Waals surface area contributed by atoms with E-state index in [2.05, 4.69) is 27.8 Å². The largest absolute Gasteiger partial charge is 0.487 e. The quantitative estimate of drug-likeness (QED) is 0.876. The lowest BCUT2D eigenvalue weighted by atomic mass is 10.0. The normalized spacial score (nSPS) is 12.2. The van der Waals surface area contributed by atoms with Crippen LogP contribution in [0.15, 0.2) is 47.1 Å². The van der Waals surface area contributed by atoms with E-state index in [1.165, 1.54) is 5.56 Å². The lowest BCUT2D eigenvalue weighted by Gasteiger charge is -2.12. The zero-order chi connectivity index (χ0) is 14.4. The smallest absolute Gasteiger partial charge is 0.130 e. The van der Waals surface area contributed by atoms with Crippen molar-refractivity contribution in [2.45, 2.75) is 32.4 Å². The van der Waals surface area contributed by atoms with Gasteiger partial charge in [0.25, 0.3) is 0 Å². The van der Waals surface area contributed by atoms with E-state index < -0.39 is 0 Å². The number of nitrogens with zero attached hydrogens (tertiary/aromatic N) is 1. The van der Waals surface area contributed by atoms with Crippen molar-refractivity contribution in [3.8, 4) is 5.75 Å². The highest BCUT2D eigenvalue weighted by atomic mass is 79.9. The van der Waals surface area contributed by atoms with Crippen molar-refractivity contribution in [3.05, 3.63) is 58.3 Å². The minimum atomic E-state index is 0.178. The van der Waals surface area contributed by atoms with Crippen LogP contribution in [0, 0.1) is 0 Å². The number of ether oxygens (including phenoxy) is 1. The van der Waals surface area contributed by atoms with Crippen LogP contribution in [0.25, 0.3) is 0 Å². The number of halogens is 1. The molecule has 2 aromatic rings. The summed E-state index contributed by atoms with van der Waals surface area (Å²) in [6.07, 6.45) is 3.58. The van der Waals surface area contributed by atoms with Crippen molar-refractivity contribution in [1.29, 1.82) is 0 Å².